The van der Waals surface area contributed by atoms with Crippen molar-refractivity contribution in [1.82, 2.24) is 0 Å². The zero-order valence-electron chi connectivity index (χ0n) is 12.9. The number of aryl methyl sites for hydroxylation is 1. The molecule has 3 nitrogen and oxygen atoms in total. The molecular weight excluding hydrogens is 252 g/mol. The molecule has 1 rings (SSSR count). The largest absolute Gasteiger partial charge is 0.395 e. The molecule has 0 unspecified atom stereocenters. The van der Waals surface area contributed by atoms with Crippen LogP contribution in [0.1, 0.15) is 37.8 Å². The van der Waals surface area contributed by atoms with Gasteiger partial charge in [-0.1, -0.05) is 38.1 Å². The topological polar surface area (TPSA) is 49.7 Å². The second kappa shape index (κ2) is 8.40. The molecule has 0 aliphatic carbocycles. The summed E-state index contributed by atoms with van der Waals surface area (Å²) in [5.74, 6) is 0.631. The SMILES string of the molecule is Cc1ccccc1C(CO)(CO)CCOCCC(C)C. The average molecular weight is 280 g/mol. The summed E-state index contributed by atoms with van der Waals surface area (Å²) < 4.78 is 5.64. The van der Waals surface area contributed by atoms with E-state index in [1.54, 1.807) is 0 Å². The highest BCUT2D eigenvalue weighted by Crippen LogP contribution is 2.30. The molecule has 0 bridgehead atoms. The quantitative estimate of drug-likeness (QED) is 0.684. The van der Waals surface area contributed by atoms with Crippen molar-refractivity contribution >= 4 is 0 Å². The van der Waals surface area contributed by atoms with Crippen LogP contribution in [0.4, 0.5) is 0 Å². The van der Waals surface area contributed by atoms with Crippen molar-refractivity contribution in [2.45, 2.75) is 39.0 Å². The molecule has 114 valence electrons. The van der Waals surface area contributed by atoms with Gasteiger partial charge in [-0.3, -0.25) is 0 Å². The van der Waals surface area contributed by atoms with Crippen LogP contribution < -0.4 is 0 Å². The molecule has 0 amide bonds. The molecule has 0 aromatic heterocycles. The summed E-state index contributed by atoms with van der Waals surface area (Å²) in [6, 6.07) is 7.91. The summed E-state index contributed by atoms with van der Waals surface area (Å²) in [4.78, 5) is 0. The lowest BCUT2D eigenvalue weighted by molar-refractivity contribution is 0.0589. The predicted octanol–water partition coefficient (Wildman–Crippen LogP) is 2.67. The molecule has 1 aromatic rings. The number of hydrogen-bond donors (Lipinski definition) is 2. The van der Waals surface area contributed by atoms with Gasteiger partial charge in [-0.15, -0.1) is 0 Å². The van der Waals surface area contributed by atoms with Gasteiger partial charge in [0.15, 0.2) is 0 Å². The molecule has 0 aliphatic rings. The van der Waals surface area contributed by atoms with Crippen molar-refractivity contribution < 1.29 is 14.9 Å². The van der Waals surface area contributed by atoms with Gasteiger partial charge in [0, 0.05) is 18.6 Å². The van der Waals surface area contributed by atoms with Crippen LogP contribution in [0, 0.1) is 12.8 Å². The van der Waals surface area contributed by atoms with E-state index < -0.39 is 5.41 Å². The Hall–Kier alpha value is -0.900. The van der Waals surface area contributed by atoms with Gasteiger partial charge in [-0.2, -0.15) is 0 Å². The van der Waals surface area contributed by atoms with E-state index in [1.807, 2.05) is 31.2 Å². The molecule has 3 heteroatoms. The molecule has 0 aliphatic heterocycles. The first-order valence-corrected chi connectivity index (χ1v) is 7.41. The van der Waals surface area contributed by atoms with E-state index in [-0.39, 0.29) is 13.2 Å². The average Bonchev–Trinajstić information content (AvgIpc) is 2.44. The maximum Gasteiger partial charge on any atom is 0.0551 e. The number of benzene rings is 1. The predicted molar refractivity (Wildman–Crippen MR) is 81.9 cm³/mol. The molecule has 0 saturated carbocycles. The summed E-state index contributed by atoms with van der Waals surface area (Å²) in [6.07, 6.45) is 1.67. The van der Waals surface area contributed by atoms with E-state index in [0.717, 1.165) is 24.2 Å². The summed E-state index contributed by atoms with van der Waals surface area (Å²) in [7, 11) is 0. The van der Waals surface area contributed by atoms with Crippen LogP contribution in [0.5, 0.6) is 0 Å². The smallest absolute Gasteiger partial charge is 0.0551 e. The molecule has 0 heterocycles. The van der Waals surface area contributed by atoms with E-state index >= 15 is 0 Å². The molecule has 0 fully saturated rings. The van der Waals surface area contributed by atoms with E-state index in [2.05, 4.69) is 13.8 Å². The third-order valence-electron chi connectivity index (χ3n) is 3.89. The Morgan fingerprint density at radius 2 is 1.75 bits per heavy atom. The van der Waals surface area contributed by atoms with Crippen molar-refractivity contribution in [3.63, 3.8) is 0 Å². The van der Waals surface area contributed by atoms with Crippen molar-refractivity contribution in [1.29, 1.82) is 0 Å². The van der Waals surface area contributed by atoms with Crippen molar-refractivity contribution in [2.75, 3.05) is 26.4 Å². The molecule has 20 heavy (non-hydrogen) atoms. The van der Waals surface area contributed by atoms with Crippen LogP contribution in [0.2, 0.25) is 0 Å². The maximum absolute atomic E-state index is 9.78. The van der Waals surface area contributed by atoms with Crippen LogP contribution in [0.3, 0.4) is 0 Å². The zero-order chi connectivity index (χ0) is 15.0. The summed E-state index contributed by atoms with van der Waals surface area (Å²) in [5, 5.41) is 19.6. The monoisotopic (exact) mass is 280 g/mol. The van der Waals surface area contributed by atoms with Gasteiger partial charge in [-0.25, -0.2) is 0 Å². The highest BCUT2D eigenvalue weighted by Gasteiger charge is 2.31. The molecule has 0 atom stereocenters. The molecule has 0 saturated heterocycles. The molecule has 0 radical (unpaired) electrons. The van der Waals surface area contributed by atoms with Crippen LogP contribution in [0.15, 0.2) is 24.3 Å². The van der Waals surface area contributed by atoms with Crippen LogP contribution in [-0.4, -0.2) is 36.6 Å². The fourth-order valence-corrected chi connectivity index (χ4v) is 2.37. The lowest BCUT2D eigenvalue weighted by atomic mass is 9.77. The zero-order valence-corrected chi connectivity index (χ0v) is 12.9. The third-order valence-corrected chi connectivity index (χ3v) is 3.89. The first-order chi connectivity index (χ1) is 9.55. The van der Waals surface area contributed by atoms with Crippen molar-refractivity contribution in [2.24, 2.45) is 5.92 Å². The van der Waals surface area contributed by atoms with E-state index in [9.17, 15) is 10.2 Å². The van der Waals surface area contributed by atoms with Gasteiger partial charge in [-0.05, 0) is 36.8 Å². The van der Waals surface area contributed by atoms with Crippen molar-refractivity contribution in [3.05, 3.63) is 35.4 Å². The number of ether oxygens (including phenoxy) is 1. The minimum Gasteiger partial charge on any atom is -0.395 e. The van der Waals surface area contributed by atoms with E-state index in [0.29, 0.717) is 18.9 Å². The lowest BCUT2D eigenvalue weighted by Crippen LogP contribution is -2.37. The fourth-order valence-electron chi connectivity index (χ4n) is 2.37. The Kier molecular flexibility index (Phi) is 7.20. The number of hydrogen-bond acceptors (Lipinski definition) is 3. The maximum atomic E-state index is 9.78. The Bertz CT molecular complexity index is 384. The number of aliphatic hydroxyl groups excluding tert-OH is 2. The Labute approximate surface area is 122 Å². The lowest BCUT2D eigenvalue weighted by Gasteiger charge is -2.31. The Balaban J connectivity index is 2.66. The van der Waals surface area contributed by atoms with Crippen LogP contribution >= 0.6 is 0 Å². The molecule has 0 spiro atoms. The first-order valence-electron chi connectivity index (χ1n) is 7.41. The number of rotatable bonds is 9. The normalized spacial score (nSPS) is 12.1. The Morgan fingerprint density at radius 3 is 2.30 bits per heavy atom. The molecule has 2 N–H and O–H groups in total. The van der Waals surface area contributed by atoms with E-state index in [1.165, 1.54) is 0 Å². The van der Waals surface area contributed by atoms with Gasteiger partial charge in [0.05, 0.1) is 13.2 Å². The summed E-state index contributed by atoms with van der Waals surface area (Å²) >= 11 is 0. The minimum absolute atomic E-state index is 0.0676. The van der Waals surface area contributed by atoms with Gasteiger partial charge < -0.3 is 14.9 Å². The third kappa shape index (κ3) is 4.58. The molecular formula is C17H28O3. The fraction of sp³-hybridized carbons (Fsp3) is 0.647. The summed E-state index contributed by atoms with van der Waals surface area (Å²) in [5.41, 5.74) is 1.50. The van der Waals surface area contributed by atoms with Crippen LogP contribution in [0.25, 0.3) is 0 Å². The second-order valence-electron chi connectivity index (χ2n) is 5.96. The summed E-state index contributed by atoms with van der Waals surface area (Å²) in [6.45, 7) is 7.50. The second-order valence-corrected chi connectivity index (χ2v) is 5.96. The highest BCUT2D eigenvalue weighted by atomic mass is 16.5. The molecule has 1 aromatic carbocycles. The standard InChI is InChI=1S/C17H28O3/c1-14(2)8-10-20-11-9-17(12-18,13-19)16-7-5-4-6-15(16)3/h4-7,14,18-19H,8-13H2,1-3H3. The van der Waals surface area contributed by atoms with Gasteiger partial charge in [0.2, 0.25) is 0 Å². The van der Waals surface area contributed by atoms with Crippen LogP contribution in [-0.2, 0) is 10.2 Å². The van der Waals surface area contributed by atoms with Gasteiger partial charge in [0.1, 0.15) is 0 Å². The number of aliphatic hydroxyl groups is 2. The Morgan fingerprint density at radius 1 is 1.10 bits per heavy atom. The van der Waals surface area contributed by atoms with Crippen molar-refractivity contribution in [3.8, 4) is 0 Å². The first kappa shape index (κ1) is 17.2. The van der Waals surface area contributed by atoms with Gasteiger partial charge >= 0.3 is 0 Å². The highest BCUT2D eigenvalue weighted by molar-refractivity contribution is 5.33. The minimum atomic E-state index is -0.608. The van der Waals surface area contributed by atoms with E-state index in [4.69, 9.17) is 4.74 Å². The van der Waals surface area contributed by atoms with Gasteiger partial charge in [0.25, 0.3) is 0 Å².